The van der Waals surface area contributed by atoms with E-state index in [0.717, 1.165) is 11.3 Å². The highest BCUT2D eigenvalue weighted by atomic mass is 16.5. The van der Waals surface area contributed by atoms with Crippen molar-refractivity contribution in [2.24, 2.45) is 0 Å². The predicted octanol–water partition coefficient (Wildman–Crippen LogP) is 2.45. The molecule has 0 saturated heterocycles. The molecule has 7 heteroatoms. The van der Waals surface area contributed by atoms with Crippen molar-refractivity contribution in [2.45, 2.75) is 13.1 Å². The minimum absolute atomic E-state index is 0.0630. The second kappa shape index (κ2) is 7.45. The second-order valence-corrected chi connectivity index (χ2v) is 6.10. The first-order valence-corrected chi connectivity index (χ1v) is 8.47. The number of hydrogen-bond donors (Lipinski definition) is 1. The molecule has 3 aromatic rings. The first-order valence-electron chi connectivity index (χ1n) is 8.47. The molecule has 3 heterocycles. The molecule has 1 N–H and O–H groups in total. The van der Waals surface area contributed by atoms with E-state index in [9.17, 15) is 4.79 Å². The topological polar surface area (TPSA) is 80.7 Å². The van der Waals surface area contributed by atoms with Crippen molar-refractivity contribution < 1.29 is 18.5 Å². The molecule has 0 radical (unpaired) electrons. The number of carbonyl (C=O) groups is 1. The maximum Gasteiger partial charge on any atom is 0.234 e. The molecule has 26 heavy (non-hydrogen) atoms. The molecular weight excluding hydrogens is 334 g/mol. The van der Waals surface area contributed by atoms with Crippen molar-refractivity contribution in [1.82, 2.24) is 15.4 Å². The summed E-state index contributed by atoms with van der Waals surface area (Å²) in [5.41, 5.74) is 1.74. The van der Waals surface area contributed by atoms with Gasteiger partial charge in [0.05, 0.1) is 19.4 Å². The first-order chi connectivity index (χ1) is 12.8. The van der Waals surface area contributed by atoms with Crippen LogP contribution in [0.5, 0.6) is 5.75 Å². The molecule has 1 aliphatic heterocycles. The Kier molecular flexibility index (Phi) is 4.70. The maximum absolute atomic E-state index is 12.3. The number of aromatic nitrogens is 1. The molecule has 1 amide bonds. The molecule has 2 aromatic heterocycles. The summed E-state index contributed by atoms with van der Waals surface area (Å²) < 4.78 is 16.2. The number of nitrogens with zero attached hydrogens (tertiary/aromatic N) is 2. The number of nitrogens with one attached hydrogen (secondary N) is 1. The van der Waals surface area contributed by atoms with E-state index < -0.39 is 0 Å². The molecule has 1 aromatic carbocycles. The number of carbonyl (C=O) groups excluding carboxylic acids is 1. The van der Waals surface area contributed by atoms with E-state index in [0.29, 0.717) is 50.0 Å². The number of benzene rings is 1. The standard InChI is InChI=1S/C19H19N3O4/c23-19(13-22-7-9-25-16-5-2-1-4-14(16)12-22)20-11-15-10-18(26-21-15)17-6-3-8-24-17/h1-6,8,10H,7,9,11-13H2,(H,20,23). The summed E-state index contributed by atoms with van der Waals surface area (Å²) in [5.74, 6) is 1.98. The van der Waals surface area contributed by atoms with Gasteiger partial charge in [-0.05, 0) is 18.2 Å². The summed E-state index contributed by atoms with van der Waals surface area (Å²) in [6, 6.07) is 13.2. The molecule has 0 spiro atoms. The van der Waals surface area contributed by atoms with Crippen LogP contribution < -0.4 is 10.1 Å². The van der Waals surface area contributed by atoms with E-state index in [1.54, 1.807) is 24.5 Å². The number of para-hydroxylation sites is 1. The normalized spacial score (nSPS) is 14.3. The molecule has 1 aliphatic rings. The molecular formula is C19H19N3O4. The Bertz CT molecular complexity index is 873. The van der Waals surface area contributed by atoms with Gasteiger partial charge in [-0.25, -0.2) is 0 Å². The summed E-state index contributed by atoms with van der Waals surface area (Å²) in [6.07, 6.45) is 1.57. The van der Waals surface area contributed by atoms with Crippen LogP contribution in [0.4, 0.5) is 0 Å². The van der Waals surface area contributed by atoms with Crippen molar-refractivity contribution >= 4 is 5.91 Å². The number of ether oxygens (including phenoxy) is 1. The summed E-state index contributed by atoms with van der Waals surface area (Å²) in [5, 5.41) is 6.83. The highest BCUT2D eigenvalue weighted by Crippen LogP contribution is 2.22. The van der Waals surface area contributed by atoms with Gasteiger partial charge in [0.1, 0.15) is 18.1 Å². The lowest BCUT2D eigenvalue weighted by Crippen LogP contribution is -2.37. The van der Waals surface area contributed by atoms with Crippen molar-refractivity contribution in [1.29, 1.82) is 0 Å². The third-order valence-corrected chi connectivity index (χ3v) is 4.19. The van der Waals surface area contributed by atoms with Gasteiger partial charge >= 0.3 is 0 Å². The van der Waals surface area contributed by atoms with E-state index in [-0.39, 0.29) is 5.91 Å². The fourth-order valence-electron chi connectivity index (χ4n) is 2.89. The Morgan fingerprint density at radius 1 is 1.19 bits per heavy atom. The maximum atomic E-state index is 12.3. The second-order valence-electron chi connectivity index (χ2n) is 6.10. The number of amides is 1. The zero-order valence-electron chi connectivity index (χ0n) is 14.2. The van der Waals surface area contributed by atoms with Gasteiger partial charge in [-0.15, -0.1) is 0 Å². The first kappa shape index (κ1) is 16.4. The third kappa shape index (κ3) is 3.78. The van der Waals surface area contributed by atoms with Gasteiger partial charge in [0.25, 0.3) is 0 Å². The quantitative estimate of drug-likeness (QED) is 0.759. The highest BCUT2D eigenvalue weighted by Gasteiger charge is 2.17. The largest absolute Gasteiger partial charge is 0.492 e. The summed E-state index contributed by atoms with van der Waals surface area (Å²) in [4.78, 5) is 14.3. The third-order valence-electron chi connectivity index (χ3n) is 4.19. The van der Waals surface area contributed by atoms with Crippen LogP contribution >= 0.6 is 0 Å². The zero-order valence-corrected chi connectivity index (χ0v) is 14.2. The summed E-state index contributed by atoms with van der Waals surface area (Å²) in [7, 11) is 0. The monoisotopic (exact) mass is 353 g/mol. The summed E-state index contributed by atoms with van der Waals surface area (Å²) >= 11 is 0. The molecule has 0 bridgehead atoms. The highest BCUT2D eigenvalue weighted by molar-refractivity contribution is 5.78. The van der Waals surface area contributed by atoms with Crippen LogP contribution in [0, 0.1) is 0 Å². The van der Waals surface area contributed by atoms with Crippen molar-refractivity contribution in [3.05, 3.63) is 60.0 Å². The van der Waals surface area contributed by atoms with Crippen LogP contribution in [0.2, 0.25) is 0 Å². The van der Waals surface area contributed by atoms with E-state index in [1.165, 1.54) is 0 Å². The fraction of sp³-hybridized carbons (Fsp3) is 0.263. The van der Waals surface area contributed by atoms with Gasteiger partial charge in [0, 0.05) is 24.7 Å². The molecule has 134 valence electrons. The lowest BCUT2D eigenvalue weighted by molar-refractivity contribution is -0.122. The van der Waals surface area contributed by atoms with Crippen LogP contribution in [0.1, 0.15) is 11.3 Å². The van der Waals surface area contributed by atoms with Gasteiger partial charge in [-0.3, -0.25) is 9.69 Å². The number of rotatable bonds is 5. The molecule has 0 aliphatic carbocycles. The molecule has 0 atom stereocenters. The molecule has 0 unspecified atom stereocenters. The Hall–Kier alpha value is -3.06. The smallest absolute Gasteiger partial charge is 0.234 e. The average molecular weight is 353 g/mol. The van der Waals surface area contributed by atoms with Gasteiger partial charge < -0.3 is 19.0 Å². The van der Waals surface area contributed by atoms with E-state index in [2.05, 4.69) is 15.4 Å². The van der Waals surface area contributed by atoms with Crippen molar-refractivity contribution in [3.8, 4) is 17.3 Å². The average Bonchev–Trinajstić information content (AvgIpc) is 3.29. The summed E-state index contributed by atoms with van der Waals surface area (Å²) in [6.45, 7) is 2.58. The minimum atomic E-state index is -0.0630. The fourth-order valence-corrected chi connectivity index (χ4v) is 2.89. The lowest BCUT2D eigenvalue weighted by Gasteiger charge is -2.18. The lowest BCUT2D eigenvalue weighted by atomic mass is 10.2. The van der Waals surface area contributed by atoms with Gasteiger partial charge in [0.15, 0.2) is 5.76 Å². The van der Waals surface area contributed by atoms with Crippen LogP contribution in [-0.4, -0.2) is 35.7 Å². The Balaban J connectivity index is 1.30. The molecule has 0 fully saturated rings. The van der Waals surface area contributed by atoms with Crippen LogP contribution in [0.25, 0.3) is 11.5 Å². The number of fused-ring (bicyclic) bond motifs is 1. The molecule has 7 nitrogen and oxygen atoms in total. The van der Waals surface area contributed by atoms with Gasteiger partial charge in [-0.1, -0.05) is 23.4 Å². The minimum Gasteiger partial charge on any atom is -0.492 e. The van der Waals surface area contributed by atoms with Crippen molar-refractivity contribution in [3.63, 3.8) is 0 Å². The van der Waals surface area contributed by atoms with Crippen molar-refractivity contribution in [2.75, 3.05) is 19.7 Å². The van der Waals surface area contributed by atoms with Crippen LogP contribution in [0.15, 0.2) is 57.7 Å². The number of hydrogen-bond acceptors (Lipinski definition) is 6. The Morgan fingerprint density at radius 3 is 3.00 bits per heavy atom. The van der Waals surface area contributed by atoms with Crippen LogP contribution in [-0.2, 0) is 17.9 Å². The van der Waals surface area contributed by atoms with Gasteiger partial charge in [0.2, 0.25) is 11.7 Å². The Labute approximate surface area is 150 Å². The SMILES string of the molecule is O=C(CN1CCOc2ccccc2C1)NCc1cc(-c2ccco2)on1. The predicted molar refractivity (Wildman–Crippen MR) is 93.3 cm³/mol. The Morgan fingerprint density at radius 2 is 2.12 bits per heavy atom. The van der Waals surface area contributed by atoms with E-state index in [4.69, 9.17) is 13.7 Å². The van der Waals surface area contributed by atoms with Gasteiger partial charge in [-0.2, -0.15) is 0 Å². The zero-order chi connectivity index (χ0) is 17.8. The van der Waals surface area contributed by atoms with E-state index >= 15 is 0 Å². The van der Waals surface area contributed by atoms with E-state index in [1.807, 2.05) is 24.3 Å². The molecule has 4 rings (SSSR count). The molecule has 0 saturated carbocycles. The van der Waals surface area contributed by atoms with Crippen LogP contribution in [0.3, 0.4) is 0 Å². The number of furan rings is 1.